The van der Waals surface area contributed by atoms with Crippen LogP contribution in [0.1, 0.15) is 0 Å². The number of benzene rings is 4. The Morgan fingerprint density at radius 2 is 0.818 bits per heavy atom. The predicted molar refractivity (Wildman–Crippen MR) is 139 cm³/mol. The van der Waals surface area contributed by atoms with E-state index in [0.29, 0.717) is 0 Å². The molecule has 156 valence electrons. The molecular formula is C32H23N. The third-order valence-electron chi connectivity index (χ3n) is 6.20. The largest absolute Gasteiger partial charge is 0.315 e. The summed E-state index contributed by atoms with van der Waals surface area (Å²) in [5.41, 5.74) is 11.0. The van der Waals surface area contributed by atoms with Crippen LogP contribution < -0.4 is 0 Å². The molecule has 6 aromatic rings. The summed E-state index contributed by atoms with van der Waals surface area (Å²) in [6.07, 6.45) is 2.28. The number of fused-ring (bicyclic) bond motifs is 1. The number of hydrogen-bond acceptors (Lipinski definition) is 0. The van der Waals surface area contributed by atoms with Crippen molar-refractivity contribution in [1.29, 1.82) is 0 Å². The van der Waals surface area contributed by atoms with E-state index in [9.17, 15) is 0 Å². The molecule has 4 aromatic carbocycles. The van der Waals surface area contributed by atoms with Crippen LogP contribution in [-0.4, -0.2) is 4.40 Å². The van der Waals surface area contributed by atoms with Gasteiger partial charge in [-0.2, -0.15) is 0 Å². The zero-order valence-corrected chi connectivity index (χ0v) is 18.2. The summed E-state index contributed by atoms with van der Waals surface area (Å²) in [5, 5.41) is 0. The maximum absolute atomic E-state index is 2.38. The van der Waals surface area contributed by atoms with Gasteiger partial charge in [0.1, 0.15) is 0 Å². The van der Waals surface area contributed by atoms with Crippen LogP contribution >= 0.6 is 0 Å². The Hall–Kier alpha value is -4.36. The summed E-state index contributed by atoms with van der Waals surface area (Å²) in [5.74, 6) is 0. The fraction of sp³-hybridized carbons (Fsp3) is 0. The summed E-state index contributed by atoms with van der Waals surface area (Å²) >= 11 is 0. The molecule has 0 saturated carbocycles. The predicted octanol–water partition coefficient (Wildman–Crippen LogP) is 8.61. The minimum Gasteiger partial charge on any atom is -0.315 e. The lowest BCUT2D eigenvalue weighted by molar-refractivity contribution is 1.21. The number of hydrogen-bond donors (Lipinski definition) is 0. The molecule has 2 heterocycles. The minimum atomic E-state index is 1.20. The molecule has 0 aliphatic heterocycles. The smallest absolute Gasteiger partial charge is 0.0607 e. The topological polar surface area (TPSA) is 4.41 Å². The van der Waals surface area contributed by atoms with Gasteiger partial charge in [0.05, 0.1) is 11.2 Å². The van der Waals surface area contributed by atoms with Gasteiger partial charge in [0, 0.05) is 17.3 Å². The van der Waals surface area contributed by atoms with Crippen LogP contribution in [-0.2, 0) is 0 Å². The highest BCUT2D eigenvalue weighted by Crippen LogP contribution is 2.40. The first-order chi connectivity index (χ1) is 16.4. The Morgan fingerprint density at radius 1 is 0.364 bits per heavy atom. The minimum absolute atomic E-state index is 1.20. The van der Waals surface area contributed by atoms with Crippen LogP contribution in [0.5, 0.6) is 0 Å². The zero-order chi connectivity index (χ0) is 22.0. The van der Waals surface area contributed by atoms with E-state index in [-0.39, 0.29) is 0 Å². The normalized spacial score (nSPS) is 11.0. The van der Waals surface area contributed by atoms with Crippen molar-refractivity contribution in [3.63, 3.8) is 0 Å². The molecule has 0 saturated heterocycles. The van der Waals surface area contributed by atoms with Crippen molar-refractivity contribution < 1.29 is 0 Å². The van der Waals surface area contributed by atoms with Crippen LogP contribution in [0.2, 0.25) is 0 Å². The van der Waals surface area contributed by atoms with Gasteiger partial charge >= 0.3 is 0 Å². The molecule has 0 atom stereocenters. The van der Waals surface area contributed by atoms with E-state index in [1.807, 2.05) is 0 Å². The van der Waals surface area contributed by atoms with E-state index in [2.05, 4.69) is 144 Å². The van der Waals surface area contributed by atoms with Crippen molar-refractivity contribution >= 4 is 5.52 Å². The zero-order valence-electron chi connectivity index (χ0n) is 18.2. The molecule has 0 radical (unpaired) electrons. The molecule has 6 rings (SSSR count). The first kappa shape index (κ1) is 19.3. The van der Waals surface area contributed by atoms with Gasteiger partial charge < -0.3 is 4.40 Å². The molecular weight excluding hydrogens is 398 g/mol. The van der Waals surface area contributed by atoms with Gasteiger partial charge in [-0.1, -0.05) is 121 Å². The summed E-state index contributed by atoms with van der Waals surface area (Å²) in [4.78, 5) is 0. The van der Waals surface area contributed by atoms with E-state index >= 15 is 0 Å². The average Bonchev–Trinajstić information content (AvgIpc) is 3.30. The van der Waals surface area contributed by atoms with Crippen molar-refractivity contribution in [1.82, 2.24) is 4.40 Å². The highest BCUT2D eigenvalue weighted by Gasteiger charge is 2.18. The molecule has 0 aliphatic carbocycles. The molecule has 0 bridgehead atoms. The summed E-state index contributed by atoms with van der Waals surface area (Å²) in [7, 11) is 0. The lowest BCUT2D eigenvalue weighted by Crippen LogP contribution is -1.94. The highest BCUT2D eigenvalue weighted by atomic mass is 14.9. The van der Waals surface area contributed by atoms with Gasteiger partial charge in [0.25, 0.3) is 0 Å². The fourth-order valence-electron chi connectivity index (χ4n) is 4.64. The maximum Gasteiger partial charge on any atom is 0.0607 e. The van der Waals surface area contributed by atoms with Crippen molar-refractivity contribution in [2.24, 2.45) is 0 Å². The average molecular weight is 422 g/mol. The first-order valence-electron chi connectivity index (χ1n) is 11.3. The lowest BCUT2D eigenvalue weighted by atomic mass is 10.00. The van der Waals surface area contributed by atoms with Gasteiger partial charge in [-0.15, -0.1) is 0 Å². The Bertz CT molecular complexity index is 1510. The van der Waals surface area contributed by atoms with E-state index < -0.39 is 0 Å². The molecule has 1 heteroatoms. The monoisotopic (exact) mass is 421 g/mol. The van der Waals surface area contributed by atoms with Gasteiger partial charge in [0.2, 0.25) is 0 Å². The summed E-state index contributed by atoms with van der Waals surface area (Å²) in [6.45, 7) is 0. The number of nitrogens with zero attached hydrogens (tertiary/aromatic N) is 1. The number of pyridine rings is 1. The Balaban J connectivity index is 1.74. The van der Waals surface area contributed by atoms with Crippen LogP contribution in [0.25, 0.3) is 50.2 Å². The van der Waals surface area contributed by atoms with Gasteiger partial charge in [-0.25, -0.2) is 0 Å². The van der Waals surface area contributed by atoms with Gasteiger partial charge in [-0.3, -0.25) is 0 Å². The van der Waals surface area contributed by atoms with E-state index in [4.69, 9.17) is 0 Å². The second kappa shape index (κ2) is 8.29. The highest BCUT2D eigenvalue weighted by molar-refractivity contribution is 5.94. The van der Waals surface area contributed by atoms with E-state index in [0.717, 1.165) is 0 Å². The fourth-order valence-corrected chi connectivity index (χ4v) is 4.64. The van der Waals surface area contributed by atoms with Crippen LogP contribution in [0, 0.1) is 0 Å². The molecule has 0 spiro atoms. The molecule has 0 N–H and O–H groups in total. The molecule has 0 amide bonds. The van der Waals surface area contributed by atoms with Crippen molar-refractivity contribution in [3.8, 4) is 44.6 Å². The quantitative estimate of drug-likeness (QED) is 0.268. The second-order valence-corrected chi connectivity index (χ2v) is 8.27. The van der Waals surface area contributed by atoms with E-state index in [1.54, 1.807) is 0 Å². The third kappa shape index (κ3) is 3.54. The van der Waals surface area contributed by atoms with Crippen molar-refractivity contribution in [2.45, 2.75) is 0 Å². The number of rotatable bonds is 4. The van der Waals surface area contributed by atoms with Crippen molar-refractivity contribution in [2.75, 3.05) is 0 Å². The Labute approximate surface area is 194 Å². The Morgan fingerprint density at radius 3 is 1.36 bits per heavy atom. The maximum atomic E-state index is 2.38. The van der Waals surface area contributed by atoms with Crippen LogP contribution in [0.3, 0.4) is 0 Å². The first-order valence-corrected chi connectivity index (χ1v) is 11.3. The van der Waals surface area contributed by atoms with Crippen LogP contribution in [0.4, 0.5) is 0 Å². The molecule has 0 fully saturated rings. The summed E-state index contributed by atoms with van der Waals surface area (Å²) in [6, 6.07) is 47.4. The van der Waals surface area contributed by atoms with Gasteiger partial charge in [-0.05, 0) is 39.9 Å². The standard InChI is InChI=1S/C32H23N/c1-5-13-24(14-6-1)28-21-29(25-15-7-2-8-16-25)31-22-30(26-17-9-3-10-18-26)32(33(31)23-28)27-19-11-4-12-20-27/h1-23H. The van der Waals surface area contributed by atoms with Gasteiger partial charge in [0.15, 0.2) is 0 Å². The second-order valence-electron chi connectivity index (χ2n) is 8.27. The molecule has 33 heavy (non-hydrogen) atoms. The molecule has 2 aromatic heterocycles. The number of aromatic nitrogens is 1. The summed E-state index contributed by atoms with van der Waals surface area (Å²) < 4.78 is 2.38. The third-order valence-corrected chi connectivity index (χ3v) is 6.20. The lowest BCUT2D eigenvalue weighted by Gasteiger charge is -2.13. The van der Waals surface area contributed by atoms with Crippen molar-refractivity contribution in [3.05, 3.63) is 140 Å². The molecule has 1 nitrogen and oxygen atoms in total. The molecule has 0 unspecified atom stereocenters. The SMILES string of the molecule is c1ccc(-c2cc(-c3ccccc3)c3cc(-c4ccccc4)c(-c4ccccc4)n3c2)cc1. The van der Waals surface area contributed by atoms with Crippen LogP contribution in [0.15, 0.2) is 140 Å². The van der Waals surface area contributed by atoms with E-state index in [1.165, 1.54) is 50.2 Å². The Kier molecular flexibility index (Phi) is 4.86. The molecule has 0 aliphatic rings.